The Bertz CT molecular complexity index is 850. The summed E-state index contributed by atoms with van der Waals surface area (Å²) in [4.78, 5) is 24.2. The zero-order valence-corrected chi connectivity index (χ0v) is 16.5. The van der Waals surface area contributed by atoms with Crippen molar-refractivity contribution in [2.75, 3.05) is 18.0 Å². The van der Waals surface area contributed by atoms with Gasteiger partial charge in [-0.05, 0) is 52.4 Å². The van der Waals surface area contributed by atoms with Gasteiger partial charge in [-0.2, -0.15) is 5.10 Å². The molecule has 7 nitrogen and oxygen atoms in total. The van der Waals surface area contributed by atoms with Crippen LogP contribution in [0.1, 0.15) is 58.7 Å². The van der Waals surface area contributed by atoms with Crippen molar-refractivity contribution in [2.24, 2.45) is 7.05 Å². The fourth-order valence-electron chi connectivity index (χ4n) is 4.37. The number of carbonyl (C=O) groups is 1. The summed E-state index contributed by atoms with van der Waals surface area (Å²) >= 11 is 0. The van der Waals surface area contributed by atoms with Crippen LogP contribution in [0.2, 0.25) is 0 Å². The number of nitrogens with zero attached hydrogens (tertiary/aromatic N) is 5. The van der Waals surface area contributed by atoms with Crippen molar-refractivity contribution in [3.8, 4) is 0 Å². The van der Waals surface area contributed by atoms with E-state index in [0.29, 0.717) is 5.56 Å². The molecular weight excluding hydrogens is 340 g/mol. The third kappa shape index (κ3) is 3.42. The first-order chi connectivity index (χ1) is 13.0. The number of fused-ring (bicyclic) bond motifs is 1. The molecule has 2 aliphatic rings. The van der Waals surface area contributed by atoms with Gasteiger partial charge in [0.15, 0.2) is 0 Å². The summed E-state index contributed by atoms with van der Waals surface area (Å²) in [5, 5.41) is 7.56. The number of amides is 1. The lowest BCUT2D eigenvalue weighted by Gasteiger charge is -2.35. The molecule has 1 aliphatic carbocycles. The minimum atomic E-state index is -0.00374. The smallest absolute Gasteiger partial charge is 0.255 e. The highest BCUT2D eigenvalue weighted by Crippen LogP contribution is 2.29. The molecule has 1 aliphatic heterocycles. The quantitative estimate of drug-likeness (QED) is 0.898. The molecule has 0 saturated carbocycles. The molecular formula is C20H28N6O. The Balaban J connectivity index is 1.40. The highest BCUT2D eigenvalue weighted by Gasteiger charge is 2.26. The summed E-state index contributed by atoms with van der Waals surface area (Å²) in [6.45, 7) is 5.66. The van der Waals surface area contributed by atoms with Crippen LogP contribution in [0.5, 0.6) is 0 Å². The van der Waals surface area contributed by atoms with E-state index >= 15 is 0 Å². The lowest BCUT2D eigenvalue weighted by Crippen LogP contribution is -2.45. The van der Waals surface area contributed by atoms with E-state index in [-0.39, 0.29) is 11.9 Å². The summed E-state index contributed by atoms with van der Waals surface area (Å²) < 4.78 is 1.77. The van der Waals surface area contributed by atoms with E-state index in [1.54, 1.807) is 11.0 Å². The third-order valence-electron chi connectivity index (χ3n) is 5.97. The zero-order chi connectivity index (χ0) is 19.0. The first-order valence-corrected chi connectivity index (χ1v) is 9.93. The number of piperidine rings is 1. The summed E-state index contributed by atoms with van der Waals surface area (Å²) in [5.41, 5.74) is 4.98. The number of carbonyl (C=O) groups excluding carboxylic acids is 1. The Hall–Kier alpha value is -2.44. The molecule has 1 fully saturated rings. The van der Waals surface area contributed by atoms with E-state index in [2.05, 4.69) is 25.3 Å². The van der Waals surface area contributed by atoms with E-state index in [1.165, 1.54) is 24.1 Å². The molecule has 1 amide bonds. The van der Waals surface area contributed by atoms with Crippen LogP contribution in [0.15, 0.2) is 6.33 Å². The number of nitrogens with one attached hydrogen (secondary N) is 1. The molecule has 27 heavy (non-hydrogen) atoms. The molecule has 0 bridgehead atoms. The standard InChI is InChI=1S/C20H28N6O/c1-13-18(14(2)25(3)24-13)20(27)23-15-8-10-26(11-9-15)19-16-6-4-5-7-17(16)21-12-22-19/h12,15H,4-11H2,1-3H3,(H,23,27). The van der Waals surface area contributed by atoms with Gasteiger partial charge in [-0.15, -0.1) is 0 Å². The molecule has 2 aromatic heterocycles. The molecule has 0 radical (unpaired) electrons. The van der Waals surface area contributed by atoms with Gasteiger partial charge in [0, 0.05) is 43.1 Å². The fourth-order valence-corrected chi connectivity index (χ4v) is 4.37. The predicted octanol–water partition coefficient (Wildman–Crippen LogP) is 2.10. The minimum absolute atomic E-state index is 0.00374. The van der Waals surface area contributed by atoms with Gasteiger partial charge in [-0.25, -0.2) is 9.97 Å². The molecule has 0 atom stereocenters. The number of aromatic nitrogens is 4. The van der Waals surface area contributed by atoms with E-state index in [4.69, 9.17) is 0 Å². The molecule has 1 saturated heterocycles. The number of hydrogen-bond donors (Lipinski definition) is 1. The van der Waals surface area contributed by atoms with Crippen LogP contribution < -0.4 is 10.2 Å². The van der Waals surface area contributed by atoms with E-state index in [0.717, 1.165) is 56.0 Å². The van der Waals surface area contributed by atoms with Gasteiger partial charge < -0.3 is 10.2 Å². The van der Waals surface area contributed by atoms with Crippen molar-refractivity contribution in [1.82, 2.24) is 25.1 Å². The van der Waals surface area contributed by atoms with Crippen LogP contribution in [-0.4, -0.2) is 44.8 Å². The van der Waals surface area contributed by atoms with Crippen LogP contribution >= 0.6 is 0 Å². The highest BCUT2D eigenvalue weighted by atomic mass is 16.1. The van der Waals surface area contributed by atoms with Crippen molar-refractivity contribution in [3.63, 3.8) is 0 Å². The van der Waals surface area contributed by atoms with E-state index < -0.39 is 0 Å². The van der Waals surface area contributed by atoms with Gasteiger partial charge in [0.1, 0.15) is 12.1 Å². The maximum atomic E-state index is 12.7. The lowest BCUT2D eigenvalue weighted by atomic mass is 9.95. The summed E-state index contributed by atoms with van der Waals surface area (Å²) in [6, 6.07) is 0.199. The lowest BCUT2D eigenvalue weighted by molar-refractivity contribution is 0.0929. The number of anilines is 1. The fraction of sp³-hybridized carbons (Fsp3) is 0.600. The average Bonchev–Trinajstić information content (AvgIpc) is 2.94. The van der Waals surface area contributed by atoms with Gasteiger partial charge in [-0.3, -0.25) is 9.48 Å². The van der Waals surface area contributed by atoms with Crippen molar-refractivity contribution in [3.05, 3.63) is 34.5 Å². The maximum absolute atomic E-state index is 12.7. The first-order valence-electron chi connectivity index (χ1n) is 9.93. The Morgan fingerprint density at radius 1 is 1.15 bits per heavy atom. The van der Waals surface area contributed by atoms with Gasteiger partial charge in [-0.1, -0.05) is 0 Å². The van der Waals surface area contributed by atoms with Crippen LogP contribution in [-0.2, 0) is 19.9 Å². The summed E-state index contributed by atoms with van der Waals surface area (Å²) in [7, 11) is 1.88. The second-order valence-corrected chi connectivity index (χ2v) is 7.73. The first kappa shape index (κ1) is 17.9. The second kappa shape index (κ2) is 7.29. The van der Waals surface area contributed by atoms with Gasteiger partial charge in [0.25, 0.3) is 5.91 Å². The molecule has 4 rings (SSSR count). The molecule has 0 spiro atoms. The molecule has 3 heterocycles. The summed E-state index contributed by atoms with van der Waals surface area (Å²) in [5.74, 6) is 1.11. The van der Waals surface area contributed by atoms with Gasteiger partial charge >= 0.3 is 0 Å². The maximum Gasteiger partial charge on any atom is 0.255 e. The summed E-state index contributed by atoms with van der Waals surface area (Å²) in [6.07, 6.45) is 8.18. The Morgan fingerprint density at radius 3 is 2.59 bits per heavy atom. The minimum Gasteiger partial charge on any atom is -0.356 e. The van der Waals surface area contributed by atoms with Crippen LogP contribution in [0.25, 0.3) is 0 Å². The van der Waals surface area contributed by atoms with Crippen LogP contribution in [0, 0.1) is 13.8 Å². The van der Waals surface area contributed by atoms with Crippen LogP contribution in [0.3, 0.4) is 0 Å². The number of rotatable bonds is 3. The van der Waals surface area contributed by atoms with E-state index in [1.807, 2.05) is 20.9 Å². The normalized spacial score (nSPS) is 17.7. The molecule has 7 heteroatoms. The zero-order valence-electron chi connectivity index (χ0n) is 16.5. The molecule has 0 unspecified atom stereocenters. The third-order valence-corrected chi connectivity index (χ3v) is 5.97. The van der Waals surface area contributed by atoms with Crippen molar-refractivity contribution >= 4 is 11.7 Å². The topological polar surface area (TPSA) is 75.9 Å². The van der Waals surface area contributed by atoms with Crippen molar-refractivity contribution in [2.45, 2.75) is 58.4 Å². The second-order valence-electron chi connectivity index (χ2n) is 7.73. The highest BCUT2D eigenvalue weighted by molar-refractivity contribution is 5.96. The average molecular weight is 368 g/mol. The van der Waals surface area contributed by atoms with Crippen molar-refractivity contribution < 1.29 is 4.79 Å². The predicted molar refractivity (Wildman–Crippen MR) is 104 cm³/mol. The Labute approximate surface area is 160 Å². The molecule has 1 N–H and O–H groups in total. The molecule has 2 aromatic rings. The number of aryl methyl sites for hydroxylation is 3. The molecule has 144 valence electrons. The largest absolute Gasteiger partial charge is 0.356 e. The Morgan fingerprint density at radius 2 is 1.89 bits per heavy atom. The molecule has 0 aromatic carbocycles. The Kier molecular flexibility index (Phi) is 4.85. The van der Waals surface area contributed by atoms with E-state index in [9.17, 15) is 4.79 Å². The van der Waals surface area contributed by atoms with Crippen LogP contribution in [0.4, 0.5) is 5.82 Å². The number of hydrogen-bond acceptors (Lipinski definition) is 5. The van der Waals surface area contributed by atoms with Gasteiger partial charge in [0.05, 0.1) is 11.3 Å². The SMILES string of the molecule is Cc1nn(C)c(C)c1C(=O)NC1CCN(c2ncnc3c2CCCC3)CC1. The van der Waals surface area contributed by atoms with Crippen molar-refractivity contribution in [1.29, 1.82) is 0 Å². The monoisotopic (exact) mass is 368 g/mol. The van der Waals surface area contributed by atoms with Gasteiger partial charge in [0.2, 0.25) is 0 Å².